The monoisotopic (exact) mass is 1030 g/mol. The molecule has 3 unspecified atom stereocenters. The van der Waals surface area contributed by atoms with Crippen LogP contribution in [0.2, 0.25) is 0 Å². The molecule has 0 saturated heterocycles. The van der Waals surface area contributed by atoms with Crippen LogP contribution in [-0.4, -0.2) is 40.7 Å². The van der Waals surface area contributed by atoms with Gasteiger partial charge >= 0.3 is 0 Å². The summed E-state index contributed by atoms with van der Waals surface area (Å²) >= 11 is 0. The Balaban J connectivity index is 0.000000172. The first kappa shape index (κ1) is 60.5. The molecule has 5 aromatic carbocycles. The van der Waals surface area contributed by atoms with Crippen LogP contribution in [0.15, 0.2) is 146 Å². The summed E-state index contributed by atoms with van der Waals surface area (Å²) in [6, 6.07) is 41.7. The van der Waals surface area contributed by atoms with E-state index in [-0.39, 0.29) is 45.5 Å². The number of allylic oxidation sites excluding steroid dienone is 2. The van der Waals surface area contributed by atoms with Crippen LogP contribution in [0, 0.1) is 21.7 Å². The molecule has 0 aromatic heterocycles. The molecule has 8 nitrogen and oxygen atoms in total. The number of amides is 3. The van der Waals surface area contributed by atoms with E-state index in [1.165, 1.54) is 44.5 Å². The zero-order valence-corrected chi connectivity index (χ0v) is 49.3. The van der Waals surface area contributed by atoms with Gasteiger partial charge < -0.3 is 26.2 Å². The molecule has 4 N–H and O–H groups in total. The Bertz CT molecular complexity index is 2800. The average Bonchev–Trinajstić information content (AvgIpc) is 3.33. The second kappa shape index (κ2) is 25.2. The Morgan fingerprint density at radius 2 is 0.934 bits per heavy atom. The number of carbonyl (C=O) groups excluding carboxylic acids is 3. The molecule has 0 saturated carbocycles. The van der Waals surface area contributed by atoms with Gasteiger partial charge in [0.25, 0.3) is 11.8 Å². The molecule has 76 heavy (non-hydrogen) atoms. The van der Waals surface area contributed by atoms with E-state index < -0.39 is 0 Å². The number of rotatable bonds is 0. The molecular weight excluding hydrogens is 935 g/mol. The smallest absolute Gasteiger partial charge is 0.251 e. The predicted octanol–water partition coefficient (Wildman–Crippen LogP) is 14.6. The second-order valence-corrected chi connectivity index (χ2v) is 26.9. The molecule has 3 atom stereocenters. The van der Waals surface area contributed by atoms with Crippen molar-refractivity contribution < 1.29 is 14.4 Å². The predicted molar refractivity (Wildman–Crippen MR) is 318 cm³/mol. The molecule has 408 valence electrons. The SMILES string of the molecule is C=C1Cc2ccccc2C(C(C)(C)C)N1.C=C1Cc2ccccc2CN1.CC(C)(C)C.CC(C)(C)C1CNC(=O)c2ccccc21.CC(C)(C)C1Cc2ccccc2C(=O)N1.CC(C)(C)N1Cc2ccccc2CC1=O. The molecule has 0 bridgehead atoms. The van der Waals surface area contributed by atoms with Crippen LogP contribution in [0.3, 0.4) is 0 Å². The van der Waals surface area contributed by atoms with Gasteiger partial charge in [0.05, 0.1) is 12.5 Å². The summed E-state index contributed by atoms with van der Waals surface area (Å²) in [5.41, 5.74) is 15.4. The van der Waals surface area contributed by atoms with E-state index in [0.717, 1.165) is 61.4 Å². The second-order valence-electron chi connectivity index (χ2n) is 26.9. The Morgan fingerprint density at radius 3 is 1.49 bits per heavy atom. The normalized spacial score (nSPS) is 18.6. The molecular formula is C68H93N5O3. The van der Waals surface area contributed by atoms with Crippen molar-refractivity contribution >= 4 is 17.7 Å². The van der Waals surface area contributed by atoms with Gasteiger partial charge in [0.1, 0.15) is 0 Å². The van der Waals surface area contributed by atoms with Crippen molar-refractivity contribution in [3.05, 3.63) is 202 Å². The maximum Gasteiger partial charge on any atom is 0.251 e. The standard InChI is InChI=1S/C14H19N.3C13H17NO.C10H11N.C5H12/c1-10-9-11-7-5-6-8-12(11)13(15-10)14(2,3)4;1-13(2,3)14-9-11-7-5-4-6-10(11)8-12(14)15;1-13(2,3)11-8-14-12(15)10-7-5-4-6-9(10)11;1-13(2,3)11-8-9-6-4-5-7-10(9)12(15)14-11;1-8-6-9-4-2-3-5-10(9)7-11-8;1-5(2,3)4/h5-8,13,15H,1,9H2,2-4H3;4-7H,8-9H2,1-3H3;2*4-7,11H,8H2,1-3H3,(H,14,15);2-5,11H,1,6-7H2;1-4H3. The lowest BCUT2D eigenvalue weighted by Gasteiger charge is -2.39. The largest absolute Gasteiger partial charge is 0.384 e. The lowest BCUT2D eigenvalue weighted by molar-refractivity contribution is -0.137. The Labute approximate surface area is 459 Å². The molecule has 5 aliphatic heterocycles. The lowest BCUT2D eigenvalue weighted by atomic mass is 9.73. The van der Waals surface area contributed by atoms with Gasteiger partial charge in [0.2, 0.25) is 5.91 Å². The van der Waals surface area contributed by atoms with Crippen molar-refractivity contribution in [1.29, 1.82) is 0 Å². The molecule has 5 aliphatic rings. The first-order chi connectivity index (χ1) is 35.3. The summed E-state index contributed by atoms with van der Waals surface area (Å²) in [6.45, 7) is 45.3. The molecule has 5 aromatic rings. The van der Waals surface area contributed by atoms with E-state index in [0.29, 0.717) is 23.8 Å². The van der Waals surface area contributed by atoms with E-state index in [2.05, 4.69) is 206 Å². The number of nitrogens with zero attached hydrogens (tertiary/aromatic N) is 1. The van der Waals surface area contributed by atoms with Crippen LogP contribution in [0.1, 0.15) is 188 Å². The third-order valence-corrected chi connectivity index (χ3v) is 14.1. The first-order valence-corrected chi connectivity index (χ1v) is 27.4. The molecule has 0 aliphatic carbocycles. The zero-order chi connectivity index (χ0) is 56.4. The minimum Gasteiger partial charge on any atom is -0.384 e. The van der Waals surface area contributed by atoms with Crippen LogP contribution in [-0.2, 0) is 43.6 Å². The first-order valence-electron chi connectivity index (χ1n) is 27.4. The van der Waals surface area contributed by atoms with Crippen molar-refractivity contribution in [1.82, 2.24) is 26.2 Å². The minimum absolute atomic E-state index is 0.0612. The minimum atomic E-state index is -0.0788. The fourth-order valence-corrected chi connectivity index (χ4v) is 9.78. The van der Waals surface area contributed by atoms with Gasteiger partial charge in [-0.05, 0) is 105 Å². The van der Waals surface area contributed by atoms with Gasteiger partial charge in [-0.2, -0.15) is 0 Å². The molecule has 5 heterocycles. The van der Waals surface area contributed by atoms with Gasteiger partial charge in [-0.1, -0.05) is 212 Å². The van der Waals surface area contributed by atoms with Gasteiger partial charge in [-0.3, -0.25) is 14.4 Å². The van der Waals surface area contributed by atoms with Crippen LogP contribution >= 0.6 is 0 Å². The Hall–Kier alpha value is -6.41. The number of benzene rings is 5. The maximum absolute atomic E-state index is 11.9. The van der Waals surface area contributed by atoms with Gasteiger partial charge in [-0.15, -0.1) is 0 Å². The van der Waals surface area contributed by atoms with Crippen LogP contribution < -0.4 is 21.3 Å². The number of nitrogens with one attached hydrogen (secondary N) is 4. The summed E-state index contributed by atoms with van der Waals surface area (Å²) in [4.78, 5) is 37.4. The van der Waals surface area contributed by atoms with Crippen LogP contribution in [0.5, 0.6) is 0 Å². The van der Waals surface area contributed by atoms with Gasteiger partial charge in [0, 0.05) is 72.5 Å². The molecule has 3 amide bonds. The van der Waals surface area contributed by atoms with Gasteiger partial charge in [-0.25, -0.2) is 0 Å². The molecule has 8 heteroatoms. The van der Waals surface area contributed by atoms with E-state index >= 15 is 0 Å². The number of fused-ring (bicyclic) bond motifs is 5. The summed E-state index contributed by atoms with van der Waals surface area (Å²) in [7, 11) is 0. The quantitative estimate of drug-likeness (QED) is 0.124. The average molecular weight is 1030 g/mol. The number of hydrogen-bond acceptors (Lipinski definition) is 5. The summed E-state index contributed by atoms with van der Waals surface area (Å²) < 4.78 is 0. The molecule has 0 fully saturated rings. The molecule has 0 radical (unpaired) electrons. The van der Waals surface area contributed by atoms with Crippen molar-refractivity contribution in [2.45, 2.75) is 173 Å². The Morgan fingerprint density at radius 1 is 0.461 bits per heavy atom. The van der Waals surface area contributed by atoms with Crippen molar-refractivity contribution in [2.24, 2.45) is 21.7 Å². The van der Waals surface area contributed by atoms with E-state index in [9.17, 15) is 14.4 Å². The van der Waals surface area contributed by atoms with E-state index in [4.69, 9.17) is 0 Å². The number of hydrogen-bond donors (Lipinski definition) is 4. The highest BCUT2D eigenvalue weighted by Crippen LogP contribution is 2.39. The summed E-state index contributed by atoms with van der Waals surface area (Å²) in [5, 5.41) is 12.8. The number of carbonyl (C=O) groups is 3. The van der Waals surface area contributed by atoms with E-state index in [1.54, 1.807) is 0 Å². The lowest BCUT2D eigenvalue weighted by Crippen LogP contribution is -2.48. The highest BCUT2D eigenvalue weighted by molar-refractivity contribution is 5.97. The fraction of sp³-hybridized carbons (Fsp3) is 0.456. The molecule has 10 rings (SSSR count). The third kappa shape index (κ3) is 17.6. The van der Waals surface area contributed by atoms with Crippen molar-refractivity contribution in [3.63, 3.8) is 0 Å². The fourth-order valence-electron chi connectivity index (χ4n) is 9.78. The van der Waals surface area contributed by atoms with Crippen LogP contribution in [0.25, 0.3) is 0 Å². The zero-order valence-electron chi connectivity index (χ0n) is 49.3. The third-order valence-electron chi connectivity index (χ3n) is 14.1. The van der Waals surface area contributed by atoms with Gasteiger partial charge in [0.15, 0.2) is 0 Å². The Kier molecular flexibility index (Phi) is 20.0. The summed E-state index contributed by atoms with van der Waals surface area (Å²) in [6.07, 6.45) is 3.43. The maximum atomic E-state index is 11.9. The molecule has 0 spiro atoms. The van der Waals surface area contributed by atoms with E-state index in [1.807, 2.05) is 65.6 Å². The summed E-state index contributed by atoms with van der Waals surface area (Å²) in [5.74, 6) is 0.774. The highest BCUT2D eigenvalue weighted by atomic mass is 16.2. The van der Waals surface area contributed by atoms with Crippen molar-refractivity contribution in [2.75, 3.05) is 6.54 Å². The van der Waals surface area contributed by atoms with Crippen LogP contribution in [0.4, 0.5) is 0 Å². The topological polar surface area (TPSA) is 103 Å². The highest BCUT2D eigenvalue weighted by Gasteiger charge is 2.35. The van der Waals surface area contributed by atoms with Crippen molar-refractivity contribution in [3.8, 4) is 0 Å².